The van der Waals surface area contributed by atoms with E-state index in [1.54, 1.807) is 13.2 Å². The molecule has 0 saturated carbocycles. The number of carbonyl (C=O) groups excluding carboxylic acids is 1. The minimum absolute atomic E-state index is 0.0844. The van der Waals surface area contributed by atoms with Crippen molar-refractivity contribution in [3.63, 3.8) is 0 Å². The lowest BCUT2D eigenvalue weighted by molar-refractivity contribution is -0.117. The van der Waals surface area contributed by atoms with Crippen molar-refractivity contribution in [3.05, 3.63) is 70.3 Å². The van der Waals surface area contributed by atoms with Crippen LogP contribution in [-0.4, -0.2) is 13.0 Å². The van der Waals surface area contributed by atoms with Crippen molar-refractivity contribution in [2.75, 3.05) is 7.11 Å². The first-order valence-electron chi connectivity index (χ1n) is 10.3. The molecule has 1 N–H and O–H groups in total. The minimum atomic E-state index is -0.0984. The van der Waals surface area contributed by atoms with Gasteiger partial charge < -0.3 is 10.1 Å². The van der Waals surface area contributed by atoms with Crippen LogP contribution in [0.1, 0.15) is 81.3 Å². The van der Waals surface area contributed by atoms with Crippen molar-refractivity contribution in [2.45, 2.75) is 65.8 Å². The van der Waals surface area contributed by atoms with E-state index in [1.165, 1.54) is 5.56 Å². The Hall–Kier alpha value is -2.55. The van der Waals surface area contributed by atoms with Gasteiger partial charge in [0.2, 0.25) is 5.91 Å². The number of amides is 1. The van der Waals surface area contributed by atoms with E-state index in [1.807, 2.05) is 13.0 Å². The lowest BCUT2D eigenvalue weighted by Gasteiger charge is -2.20. The highest BCUT2D eigenvalue weighted by Crippen LogP contribution is 2.32. The summed E-state index contributed by atoms with van der Waals surface area (Å²) in [6, 6.07) is 12.5. The second kappa shape index (κ2) is 9.30. The summed E-state index contributed by atoms with van der Waals surface area (Å²) in [7, 11) is 1.70. The minimum Gasteiger partial charge on any atom is -0.496 e. The van der Waals surface area contributed by atoms with E-state index in [0.717, 1.165) is 28.0 Å². The van der Waals surface area contributed by atoms with E-state index in [9.17, 15) is 4.79 Å². The molecule has 0 spiro atoms. The molecule has 1 atom stereocenters. The summed E-state index contributed by atoms with van der Waals surface area (Å²) < 4.78 is 5.52. The molecule has 1 unspecified atom stereocenters. The lowest BCUT2D eigenvalue weighted by atomic mass is 9.87. The number of benzene rings is 2. The highest BCUT2D eigenvalue weighted by Gasteiger charge is 2.16. The average molecular weight is 394 g/mol. The topological polar surface area (TPSA) is 38.3 Å². The van der Waals surface area contributed by atoms with E-state index in [4.69, 9.17) is 4.74 Å². The van der Waals surface area contributed by atoms with Gasteiger partial charge in [-0.15, -0.1) is 0 Å². The number of hydrogen-bond acceptors (Lipinski definition) is 2. The van der Waals surface area contributed by atoms with Crippen molar-refractivity contribution in [2.24, 2.45) is 0 Å². The highest BCUT2D eigenvalue weighted by atomic mass is 16.5. The summed E-state index contributed by atoms with van der Waals surface area (Å²) in [4.78, 5) is 12.5. The zero-order valence-corrected chi connectivity index (χ0v) is 19.1. The number of hydrogen-bond donors (Lipinski definition) is 1. The maximum absolute atomic E-state index is 12.5. The molecular formula is C26H35NO2. The SMILES string of the molecule is COc1cc(C)c(C(C)NC(=O)/C=C/c2ccc(C(C)(C)C)cc2)cc1C(C)C. The zero-order chi connectivity index (χ0) is 21.8. The number of ether oxygens (including phenoxy) is 1. The van der Waals surface area contributed by atoms with Gasteiger partial charge in [0, 0.05) is 6.08 Å². The first-order chi connectivity index (χ1) is 13.5. The number of methoxy groups -OCH3 is 1. The van der Waals surface area contributed by atoms with E-state index in [2.05, 4.69) is 83.3 Å². The Bertz CT molecular complexity index is 871. The first-order valence-corrected chi connectivity index (χ1v) is 10.3. The number of carbonyl (C=O) groups is 1. The van der Waals surface area contributed by atoms with Crippen LogP contribution < -0.4 is 10.1 Å². The van der Waals surface area contributed by atoms with Crippen molar-refractivity contribution >= 4 is 12.0 Å². The van der Waals surface area contributed by atoms with Crippen LogP contribution in [-0.2, 0) is 10.2 Å². The molecule has 3 nitrogen and oxygen atoms in total. The summed E-state index contributed by atoms with van der Waals surface area (Å²) in [5.74, 6) is 1.15. The molecule has 2 rings (SSSR count). The molecule has 0 heterocycles. The van der Waals surface area contributed by atoms with Crippen LogP contribution in [0.15, 0.2) is 42.5 Å². The van der Waals surface area contributed by atoms with Crippen molar-refractivity contribution in [1.82, 2.24) is 5.32 Å². The quantitative estimate of drug-likeness (QED) is 0.584. The normalized spacial score (nSPS) is 13.0. The van der Waals surface area contributed by atoms with Gasteiger partial charge in [-0.1, -0.05) is 58.9 Å². The zero-order valence-electron chi connectivity index (χ0n) is 19.1. The summed E-state index contributed by atoms with van der Waals surface area (Å²) >= 11 is 0. The molecule has 156 valence electrons. The summed E-state index contributed by atoms with van der Waals surface area (Å²) in [6.07, 6.45) is 3.46. The van der Waals surface area contributed by atoms with Crippen molar-refractivity contribution in [3.8, 4) is 5.75 Å². The Morgan fingerprint density at radius 3 is 2.17 bits per heavy atom. The predicted molar refractivity (Wildman–Crippen MR) is 123 cm³/mol. The van der Waals surface area contributed by atoms with Crippen molar-refractivity contribution in [1.29, 1.82) is 0 Å². The van der Waals surface area contributed by atoms with E-state index in [-0.39, 0.29) is 17.4 Å². The van der Waals surface area contributed by atoms with Gasteiger partial charge in [-0.25, -0.2) is 0 Å². The fourth-order valence-corrected chi connectivity index (χ4v) is 3.42. The molecule has 0 saturated heterocycles. The third-order valence-corrected chi connectivity index (χ3v) is 5.27. The number of aryl methyl sites for hydroxylation is 1. The van der Waals surface area contributed by atoms with E-state index >= 15 is 0 Å². The fourth-order valence-electron chi connectivity index (χ4n) is 3.42. The molecule has 0 bridgehead atoms. The third kappa shape index (κ3) is 5.96. The monoisotopic (exact) mass is 393 g/mol. The van der Waals surface area contributed by atoms with Crippen LogP contribution in [0.2, 0.25) is 0 Å². The van der Waals surface area contributed by atoms with Crippen LogP contribution in [0.25, 0.3) is 6.08 Å². The Labute approximate surface area is 176 Å². The number of rotatable bonds is 6. The molecular weight excluding hydrogens is 358 g/mol. The van der Waals surface area contributed by atoms with Gasteiger partial charge in [0.25, 0.3) is 0 Å². The van der Waals surface area contributed by atoms with Crippen molar-refractivity contribution < 1.29 is 9.53 Å². The van der Waals surface area contributed by atoms with Gasteiger partial charge in [-0.05, 0) is 71.2 Å². The molecule has 29 heavy (non-hydrogen) atoms. The van der Waals surface area contributed by atoms with E-state index < -0.39 is 0 Å². The Kier molecular flexibility index (Phi) is 7.29. The molecule has 2 aromatic rings. The predicted octanol–water partition coefficient (Wildman–Crippen LogP) is 6.32. The largest absolute Gasteiger partial charge is 0.496 e. The van der Waals surface area contributed by atoms with Crippen LogP contribution in [0, 0.1) is 6.92 Å². The third-order valence-electron chi connectivity index (χ3n) is 5.27. The second-order valence-corrected chi connectivity index (χ2v) is 9.04. The van der Waals surface area contributed by atoms with Gasteiger partial charge in [0.15, 0.2) is 0 Å². The molecule has 1 amide bonds. The molecule has 3 heteroatoms. The van der Waals surface area contributed by atoms with Gasteiger partial charge in [0.05, 0.1) is 13.2 Å². The molecule has 0 aliphatic heterocycles. The summed E-state index contributed by atoms with van der Waals surface area (Å²) in [5, 5.41) is 3.08. The maximum atomic E-state index is 12.5. The van der Waals surface area contributed by atoms with Gasteiger partial charge >= 0.3 is 0 Å². The molecule has 0 radical (unpaired) electrons. The average Bonchev–Trinajstić information content (AvgIpc) is 2.65. The Balaban J connectivity index is 2.11. The molecule has 0 fully saturated rings. The van der Waals surface area contributed by atoms with Gasteiger partial charge in [-0.2, -0.15) is 0 Å². The number of nitrogens with one attached hydrogen (secondary N) is 1. The molecule has 0 aliphatic carbocycles. The van der Waals surface area contributed by atoms with Crippen LogP contribution in [0.4, 0.5) is 0 Å². The second-order valence-electron chi connectivity index (χ2n) is 9.04. The smallest absolute Gasteiger partial charge is 0.244 e. The fraction of sp³-hybridized carbons (Fsp3) is 0.423. The summed E-state index contributed by atoms with van der Waals surface area (Å²) in [5.41, 5.74) is 5.81. The Morgan fingerprint density at radius 1 is 1.03 bits per heavy atom. The van der Waals surface area contributed by atoms with E-state index in [0.29, 0.717) is 5.92 Å². The van der Waals surface area contributed by atoms with Crippen LogP contribution in [0.3, 0.4) is 0 Å². The van der Waals surface area contributed by atoms with Crippen LogP contribution in [0.5, 0.6) is 5.75 Å². The molecule has 0 aromatic heterocycles. The Morgan fingerprint density at radius 2 is 1.66 bits per heavy atom. The maximum Gasteiger partial charge on any atom is 0.244 e. The molecule has 2 aromatic carbocycles. The summed E-state index contributed by atoms with van der Waals surface area (Å²) in [6.45, 7) is 14.9. The first kappa shape index (κ1) is 22.7. The van der Waals surface area contributed by atoms with Gasteiger partial charge in [0.1, 0.15) is 5.75 Å². The van der Waals surface area contributed by atoms with Gasteiger partial charge in [-0.3, -0.25) is 4.79 Å². The molecule has 0 aliphatic rings. The lowest BCUT2D eigenvalue weighted by Crippen LogP contribution is -2.25. The van der Waals surface area contributed by atoms with Crippen LogP contribution >= 0.6 is 0 Å². The standard InChI is InChI=1S/C26H35NO2/c1-17(2)22-16-23(18(3)15-24(22)29-8)19(4)27-25(28)14-11-20-9-12-21(13-10-20)26(5,6)7/h9-17,19H,1-8H3,(H,27,28)/b14-11+. The highest BCUT2D eigenvalue weighted by molar-refractivity contribution is 5.92.